The molecule has 96 valence electrons. The van der Waals surface area contributed by atoms with Gasteiger partial charge in [0.25, 0.3) is 5.91 Å². The largest absolute Gasteiger partial charge is 0.465 e. The molecule has 2 rings (SSSR count). The number of rotatable bonds is 2. The van der Waals surface area contributed by atoms with Crippen LogP contribution in [0.2, 0.25) is 0 Å². The summed E-state index contributed by atoms with van der Waals surface area (Å²) in [7, 11) is 0. The molecule has 0 spiro atoms. The van der Waals surface area contributed by atoms with Crippen LogP contribution in [0.4, 0.5) is 10.5 Å². The second-order valence-electron chi connectivity index (χ2n) is 4.06. The van der Waals surface area contributed by atoms with Crippen LogP contribution in [0.3, 0.4) is 0 Å². The van der Waals surface area contributed by atoms with Crippen molar-refractivity contribution < 1.29 is 19.8 Å². The number of amides is 2. The van der Waals surface area contributed by atoms with E-state index in [-0.39, 0.29) is 11.6 Å². The molecule has 0 radical (unpaired) electrons. The van der Waals surface area contributed by atoms with Crippen molar-refractivity contribution >= 4 is 17.7 Å². The van der Waals surface area contributed by atoms with Gasteiger partial charge in [-0.05, 0) is 18.6 Å². The predicted molar refractivity (Wildman–Crippen MR) is 62.4 cm³/mol. The quantitative estimate of drug-likeness (QED) is 0.705. The zero-order valence-electron chi connectivity index (χ0n) is 9.54. The number of pyridine rings is 1. The van der Waals surface area contributed by atoms with Crippen LogP contribution in [-0.2, 0) is 0 Å². The van der Waals surface area contributed by atoms with Gasteiger partial charge in [-0.3, -0.25) is 10.1 Å². The molecule has 1 aromatic rings. The van der Waals surface area contributed by atoms with Crippen molar-refractivity contribution in [3.05, 3.63) is 24.0 Å². The van der Waals surface area contributed by atoms with E-state index < -0.39 is 12.2 Å². The van der Waals surface area contributed by atoms with E-state index >= 15 is 0 Å². The number of aliphatic hydroxyl groups excluding tert-OH is 1. The zero-order chi connectivity index (χ0) is 13.1. The number of nitrogens with one attached hydrogen (secondary N) is 1. The molecular weight excluding hydrogens is 238 g/mol. The van der Waals surface area contributed by atoms with Crippen molar-refractivity contribution in [3.63, 3.8) is 0 Å². The number of nitrogens with zero attached hydrogens (tertiary/aromatic N) is 2. The Bertz CT molecular complexity index is 460. The lowest BCUT2D eigenvalue weighted by Gasteiger charge is -2.14. The number of hydrogen-bond acceptors (Lipinski definition) is 4. The average molecular weight is 251 g/mol. The van der Waals surface area contributed by atoms with Gasteiger partial charge in [0.2, 0.25) is 0 Å². The first-order chi connectivity index (χ1) is 8.56. The van der Waals surface area contributed by atoms with Gasteiger partial charge in [-0.15, -0.1) is 0 Å². The van der Waals surface area contributed by atoms with E-state index in [4.69, 9.17) is 5.11 Å². The summed E-state index contributed by atoms with van der Waals surface area (Å²) in [5, 5.41) is 20.0. The number of aromatic nitrogens is 1. The molecule has 1 aliphatic heterocycles. The molecule has 0 aliphatic carbocycles. The van der Waals surface area contributed by atoms with E-state index in [0.29, 0.717) is 25.2 Å². The minimum absolute atomic E-state index is 0.236. The third-order valence-corrected chi connectivity index (χ3v) is 2.68. The molecule has 0 aromatic carbocycles. The summed E-state index contributed by atoms with van der Waals surface area (Å²) in [6.45, 7) is 0.826. The lowest BCUT2D eigenvalue weighted by atomic mass is 10.3. The van der Waals surface area contributed by atoms with Gasteiger partial charge in [-0.1, -0.05) is 0 Å². The van der Waals surface area contributed by atoms with Crippen molar-refractivity contribution in [1.82, 2.24) is 9.88 Å². The van der Waals surface area contributed by atoms with Gasteiger partial charge in [0.15, 0.2) is 0 Å². The Morgan fingerprint density at radius 3 is 2.72 bits per heavy atom. The number of likely N-dealkylation sites (tertiary alicyclic amines) is 1. The van der Waals surface area contributed by atoms with Crippen molar-refractivity contribution in [3.8, 4) is 0 Å². The lowest BCUT2D eigenvalue weighted by Crippen LogP contribution is -2.30. The monoisotopic (exact) mass is 251 g/mol. The van der Waals surface area contributed by atoms with Crippen LogP contribution in [-0.4, -0.2) is 51.3 Å². The van der Waals surface area contributed by atoms with Gasteiger partial charge in [-0.25, -0.2) is 9.78 Å². The van der Waals surface area contributed by atoms with Crippen LogP contribution in [0, 0.1) is 0 Å². The first-order valence-corrected chi connectivity index (χ1v) is 5.49. The van der Waals surface area contributed by atoms with Crippen LogP contribution < -0.4 is 5.32 Å². The molecule has 1 aliphatic rings. The highest BCUT2D eigenvalue weighted by atomic mass is 16.4. The van der Waals surface area contributed by atoms with E-state index in [1.165, 1.54) is 23.2 Å². The van der Waals surface area contributed by atoms with Gasteiger partial charge in [0.05, 0.1) is 18.0 Å². The maximum absolute atomic E-state index is 11.9. The van der Waals surface area contributed by atoms with Gasteiger partial charge in [0, 0.05) is 13.1 Å². The normalized spacial score (nSPS) is 18.7. The van der Waals surface area contributed by atoms with E-state index in [2.05, 4.69) is 10.3 Å². The summed E-state index contributed by atoms with van der Waals surface area (Å²) in [5.41, 5.74) is 0.542. The highest BCUT2D eigenvalue weighted by Gasteiger charge is 2.25. The molecule has 0 saturated carbocycles. The molecule has 3 N–H and O–H groups in total. The Morgan fingerprint density at radius 2 is 2.22 bits per heavy atom. The van der Waals surface area contributed by atoms with E-state index in [1.54, 1.807) is 0 Å². The maximum atomic E-state index is 11.9. The number of β-amino-alcohol motifs (C(OH)–C–C–N with tert-alkyl or cyclic N) is 1. The molecule has 1 saturated heterocycles. The second-order valence-corrected chi connectivity index (χ2v) is 4.06. The fraction of sp³-hybridized carbons (Fsp3) is 0.364. The highest BCUT2D eigenvalue weighted by Crippen LogP contribution is 2.13. The van der Waals surface area contributed by atoms with Crippen molar-refractivity contribution in [2.24, 2.45) is 0 Å². The summed E-state index contributed by atoms with van der Waals surface area (Å²) < 4.78 is 0. The van der Waals surface area contributed by atoms with Crippen LogP contribution in [0.5, 0.6) is 0 Å². The molecule has 1 aromatic heterocycles. The molecule has 18 heavy (non-hydrogen) atoms. The van der Waals surface area contributed by atoms with E-state index in [1.807, 2.05) is 0 Å². The van der Waals surface area contributed by atoms with Gasteiger partial charge >= 0.3 is 6.09 Å². The second kappa shape index (κ2) is 5.01. The predicted octanol–water partition coefficient (Wildman–Crippen LogP) is 0.378. The fourth-order valence-corrected chi connectivity index (χ4v) is 1.81. The topological polar surface area (TPSA) is 103 Å². The minimum atomic E-state index is -1.18. The van der Waals surface area contributed by atoms with Gasteiger partial charge in [-0.2, -0.15) is 0 Å². The Balaban J connectivity index is 2.05. The number of carbonyl (C=O) groups excluding carboxylic acids is 1. The summed E-state index contributed by atoms with van der Waals surface area (Å²) in [5.74, 6) is -0.256. The summed E-state index contributed by atoms with van der Waals surface area (Å²) in [4.78, 5) is 27.8. The summed E-state index contributed by atoms with van der Waals surface area (Å²) in [6.07, 6.45) is 0.207. The number of hydrogen-bond donors (Lipinski definition) is 3. The lowest BCUT2D eigenvalue weighted by molar-refractivity contribution is 0.0759. The smallest absolute Gasteiger partial charge is 0.409 e. The maximum Gasteiger partial charge on any atom is 0.409 e. The molecule has 1 fully saturated rings. The number of carbonyl (C=O) groups is 2. The summed E-state index contributed by atoms with van der Waals surface area (Å²) >= 11 is 0. The van der Waals surface area contributed by atoms with Crippen molar-refractivity contribution in [1.29, 1.82) is 0 Å². The van der Waals surface area contributed by atoms with Crippen LogP contribution in [0.1, 0.15) is 16.9 Å². The molecular formula is C11H13N3O4. The van der Waals surface area contributed by atoms with Crippen LogP contribution in [0.25, 0.3) is 0 Å². The van der Waals surface area contributed by atoms with E-state index in [0.717, 1.165) is 0 Å². The molecule has 7 heteroatoms. The Hall–Kier alpha value is -2.15. The minimum Gasteiger partial charge on any atom is -0.465 e. The van der Waals surface area contributed by atoms with Crippen molar-refractivity contribution in [2.45, 2.75) is 12.5 Å². The number of anilines is 1. The third kappa shape index (κ3) is 2.75. The Morgan fingerprint density at radius 1 is 1.44 bits per heavy atom. The van der Waals surface area contributed by atoms with Gasteiger partial charge < -0.3 is 15.1 Å². The van der Waals surface area contributed by atoms with Crippen LogP contribution in [0.15, 0.2) is 18.3 Å². The number of carboxylic acid groups (broad SMARTS) is 1. The number of aliphatic hydroxyl groups is 1. The molecule has 1 unspecified atom stereocenters. The first kappa shape index (κ1) is 12.3. The molecule has 2 amide bonds. The first-order valence-electron chi connectivity index (χ1n) is 5.49. The molecule has 1 atom stereocenters. The SMILES string of the molecule is O=C(O)Nc1ccc(C(=O)N2CCC(O)C2)nc1. The molecule has 2 heterocycles. The Kier molecular flexibility index (Phi) is 3.42. The third-order valence-electron chi connectivity index (χ3n) is 2.68. The molecule has 0 bridgehead atoms. The van der Waals surface area contributed by atoms with Gasteiger partial charge in [0.1, 0.15) is 5.69 Å². The fourth-order valence-electron chi connectivity index (χ4n) is 1.81. The Labute approximate surface area is 103 Å². The highest BCUT2D eigenvalue weighted by molar-refractivity contribution is 5.93. The van der Waals surface area contributed by atoms with Crippen LogP contribution >= 0.6 is 0 Å². The average Bonchev–Trinajstić information content (AvgIpc) is 2.75. The van der Waals surface area contributed by atoms with Crippen molar-refractivity contribution in [2.75, 3.05) is 18.4 Å². The standard InChI is InChI=1S/C11H13N3O4/c15-8-3-4-14(6-8)10(16)9-2-1-7(5-12-9)13-11(17)18/h1-2,5,8,13,15H,3-4,6H2,(H,17,18). The molecule has 7 nitrogen and oxygen atoms in total. The summed E-state index contributed by atoms with van der Waals surface area (Å²) in [6, 6.07) is 2.93. The zero-order valence-corrected chi connectivity index (χ0v) is 9.54. The van der Waals surface area contributed by atoms with E-state index in [9.17, 15) is 14.7 Å².